The molecule has 2 aromatic heterocycles. The van der Waals surface area contributed by atoms with Crippen molar-refractivity contribution in [2.24, 2.45) is 0 Å². The van der Waals surface area contributed by atoms with Crippen LogP contribution in [0.4, 0.5) is 0 Å². The predicted molar refractivity (Wildman–Crippen MR) is 123 cm³/mol. The molecule has 7 heteroatoms. The number of pyridine rings is 1. The lowest BCUT2D eigenvalue weighted by atomic mass is 9.81. The van der Waals surface area contributed by atoms with Crippen LogP contribution in [-0.4, -0.2) is 20.8 Å². The predicted octanol–water partition coefficient (Wildman–Crippen LogP) is 4.55. The fraction of sp³-hybridized carbons (Fsp3) is 0.167. The average Bonchev–Trinajstić information content (AvgIpc) is 2.76. The van der Waals surface area contributed by atoms with Crippen LogP contribution in [0.5, 0.6) is 0 Å². The Morgan fingerprint density at radius 3 is 2.42 bits per heavy atom. The van der Waals surface area contributed by atoms with Crippen molar-refractivity contribution >= 4 is 28.3 Å². The van der Waals surface area contributed by atoms with Crippen LogP contribution in [0, 0.1) is 0 Å². The number of hydrogen-bond donors (Lipinski definition) is 1. The van der Waals surface area contributed by atoms with Crippen LogP contribution in [0.3, 0.4) is 0 Å². The standard InChI is InChI=1S/C24H21ClN4O2/c1-24(2,17-8-4-3-5-9-17)15-21(30)27-29-23(31)19-11-7-6-10-18(19)22(28-29)16-12-13-26-20(25)14-16/h3-14H,15H2,1-2H3,(H,27,30). The second kappa shape index (κ2) is 8.32. The van der Waals surface area contributed by atoms with Crippen LogP contribution in [0.2, 0.25) is 5.15 Å². The van der Waals surface area contributed by atoms with Gasteiger partial charge in [0, 0.05) is 23.6 Å². The number of rotatable bonds is 5. The fourth-order valence-electron chi connectivity index (χ4n) is 3.58. The third-order valence-electron chi connectivity index (χ3n) is 5.19. The molecule has 0 spiro atoms. The first-order valence-corrected chi connectivity index (χ1v) is 10.2. The highest BCUT2D eigenvalue weighted by atomic mass is 35.5. The molecule has 0 saturated carbocycles. The van der Waals surface area contributed by atoms with Gasteiger partial charge in [-0.05, 0) is 29.2 Å². The number of carbonyl (C=O) groups excluding carboxylic acids is 1. The molecule has 0 fully saturated rings. The van der Waals surface area contributed by atoms with E-state index in [1.54, 1.807) is 30.5 Å². The SMILES string of the molecule is CC(C)(CC(=O)Nn1nc(-c2ccnc(Cl)c2)c2ccccc2c1=O)c1ccccc1. The summed E-state index contributed by atoms with van der Waals surface area (Å²) < 4.78 is 0. The summed E-state index contributed by atoms with van der Waals surface area (Å²) >= 11 is 6.05. The molecule has 2 heterocycles. The molecule has 0 aliphatic heterocycles. The number of fused-ring (bicyclic) bond motifs is 1. The Kier molecular flexibility index (Phi) is 5.57. The lowest BCUT2D eigenvalue weighted by molar-refractivity contribution is -0.118. The zero-order chi connectivity index (χ0) is 22.0. The lowest BCUT2D eigenvalue weighted by Gasteiger charge is -2.24. The van der Waals surface area contributed by atoms with Crippen molar-refractivity contribution in [3.63, 3.8) is 0 Å². The maximum Gasteiger partial charge on any atom is 0.294 e. The molecule has 4 aromatic rings. The van der Waals surface area contributed by atoms with Gasteiger partial charge in [-0.25, -0.2) is 10.4 Å². The first-order valence-electron chi connectivity index (χ1n) is 9.84. The minimum atomic E-state index is -0.409. The van der Waals surface area contributed by atoms with Gasteiger partial charge in [0.2, 0.25) is 5.91 Å². The van der Waals surface area contributed by atoms with Gasteiger partial charge in [0.25, 0.3) is 5.56 Å². The zero-order valence-corrected chi connectivity index (χ0v) is 17.9. The molecule has 2 aromatic carbocycles. The lowest BCUT2D eigenvalue weighted by Crippen LogP contribution is -2.38. The molecule has 0 aliphatic carbocycles. The van der Waals surface area contributed by atoms with E-state index in [1.807, 2.05) is 56.3 Å². The summed E-state index contributed by atoms with van der Waals surface area (Å²) in [5.41, 5.74) is 4.12. The van der Waals surface area contributed by atoms with Gasteiger partial charge in [-0.3, -0.25) is 9.59 Å². The zero-order valence-electron chi connectivity index (χ0n) is 17.2. The maximum atomic E-state index is 13.0. The van der Waals surface area contributed by atoms with Gasteiger partial charge in [-0.15, -0.1) is 9.89 Å². The van der Waals surface area contributed by atoms with E-state index in [0.29, 0.717) is 27.2 Å². The number of nitrogens with one attached hydrogen (secondary N) is 1. The van der Waals surface area contributed by atoms with Crippen molar-refractivity contribution in [2.75, 3.05) is 5.43 Å². The van der Waals surface area contributed by atoms with E-state index < -0.39 is 11.0 Å². The summed E-state index contributed by atoms with van der Waals surface area (Å²) in [4.78, 5) is 30.9. The van der Waals surface area contributed by atoms with Crippen molar-refractivity contribution in [2.45, 2.75) is 25.7 Å². The molecule has 156 valence electrons. The van der Waals surface area contributed by atoms with E-state index in [4.69, 9.17) is 11.6 Å². The number of halogens is 1. The van der Waals surface area contributed by atoms with E-state index >= 15 is 0 Å². The third kappa shape index (κ3) is 4.34. The second-order valence-corrected chi connectivity index (χ2v) is 8.33. The molecule has 0 radical (unpaired) electrons. The van der Waals surface area contributed by atoms with Crippen molar-refractivity contribution < 1.29 is 4.79 Å². The molecule has 1 amide bonds. The van der Waals surface area contributed by atoms with E-state index in [2.05, 4.69) is 15.5 Å². The summed E-state index contributed by atoms with van der Waals surface area (Å²) in [6.07, 6.45) is 1.76. The molecule has 0 saturated heterocycles. The molecule has 4 rings (SSSR count). The van der Waals surface area contributed by atoms with Crippen molar-refractivity contribution in [1.29, 1.82) is 0 Å². The molecule has 6 nitrogen and oxygen atoms in total. The molecule has 1 N–H and O–H groups in total. The van der Waals surface area contributed by atoms with Gasteiger partial charge in [0.05, 0.1) is 5.39 Å². The Morgan fingerprint density at radius 1 is 1.03 bits per heavy atom. The van der Waals surface area contributed by atoms with E-state index in [1.165, 1.54) is 0 Å². The van der Waals surface area contributed by atoms with E-state index in [0.717, 1.165) is 10.4 Å². The van der Waals surface area contributed by atoms with E-state index in [9.17, 15) is 9.59 Å². The van der Waals surface area contributed by atoms with Gasteiger partial charge in [0.1, 0.15) is 10.8 Å². The van der Waals surface area contributed by atoms with Gasteiger partial charge < -0.3 is 0 Å². The third-order valence-corrected chi connectivity index (χ3v) is 5.40. The summed E-state index contributed by atoms with van der Waals surface area (Å²) in [6.45, 7) is 3.98. The Bertz CT molecular complexity index is 1320. The summed E-state index contributed by atoms with van der Waals surface area (Å²) in [5, 5.41) is 5.87. The number of benzene rings is 2. The van der Waals surface area contributed by atoms with Gasteiger partial charge in [-0.2, -0.15) is 0 Å². The second-order valence-electron chi connectivity index (χ2n) is 7.94. The largest absolute Gasteiger partial charge is 0.294 e. The highest BCUT2D eigenvalue weighted by Gasteiger charge is 2.25. The smallest absolute Gasteiger partial charge is 0.273 e. The molecule has 0 bridgehead atoms. The summed E-state index contributed by atoms with van der Waals surface area (Å²) in [7, 11) is 0. The monoisotopic (exact) mass is 432 g/mol. The minimum Gasteiger partial charge on any atom is -0.273 e. The fourth-order valence-corrected chi connectivity index (χ4v) is 3.75. The number of hydrogen-bond acceptors (Lipinski definition) is 4. The Hall–Kier alpha value is -3.51. The van der Waals surface area contributed by atoms with Crippen molar-refractivity contribution in [3.05, 3.63) is 94.0 Å². The van der Waals surface area contributed by atoms with E-state index in [-0.39, 0.29) is 12.3 Å². The topological polar surface area (TPSA) is 76.9 Å². The molecule has 0 aliphatic rings. The Balaban J connectivity index is 1.72. The summed E-state index contributed by atoms with van der Waals surface area (Å²) in [6, 6.07) is 20.4. The number of carbonyl (C=O) groups is 1. The number of amides is 1. The quantitative estimate of drug-likeness (QED) is 0.469. The maximum absolute atomic E-state index is 13.0. The van der Waals surface area contributed by atoms with Crippen molar-refractivity contribution in [3.8, 4) is 11.3 Å². The average molecular weight is 433 g/mol. The number of aromatic nitrogens is 3. The first-order chi connectivity index (χ1) is 14.8. The van der Waals surface area contributed by atoms with Gasteiger partial charge in [0.15, 0.2) is 0 Å². The molecular weight excluding hydrogens is 412 g/mol. The minimum absolute atomic E-state index is 0.189. The van der Waals surface area contributed by atoms with Crippen LogP contribution < -0.4 is 11.0 Å². The highest BCUT2D eigenvalue weighted by molar-refractivity contribution is 6.29. The van der Waals surface area contributed by atoms with Crippen LogP contribution in [-0.2, 0) is 10.2 Å². The summed E-state index contributed by atoms with van der Waals surface area (Å²) in [5.74, 6) is -0.308. The van der Waals surface area contributed by atoms with Crippen LogP contribution in [0.1, 0.15) is 25.8 Å². The molecular formula is C24H21ClN4O2. The van der Waals surface area contributed by atoms with Crippen molar-refractivity contribution in [1.82, 2.24) is 14.9 Å². The normalized spacial score (nSPS) is 11.5. The first kappa shape index (κ1) is 20.8. The Morgan fingerprint density at radius 2 is 1.71 bits per heavy atom. The van der Waals surface area contributed by atoms with Gasteiger partial charge in [-0.1, -0.05) is 74.0 Å². The molecule has 0 unspecified atom stereocenters. The molecule has 0 atom stereocenters. The molecule has 31 heavy (non-hydrogen) atoms. The van der Waals surface area contributed by atoms with Crippen LogP contribution in [0.15, 0.2) is 77.7 Å². The van der Waals surface area contributed by atoms with Gasteiger partial charge >= 0.3 is 0 Å². The highest BCUT2D eigenvalue weighted by Crippen LogP contribution is 2.27. The van der Waals surface area contributed by atoms with Crippen LogP contribution in [0.25, 0.3) is 22.0 Å². The van der Waals surface area contributed by atoms with Crippen LogP contribution >= 0.6 is 11.6 Å². The number of nitrogens with zero attached hydrogens (tertiary/aromatic N) is 3. The Labute approximate surface area is 184 Å².